The van der Waals surface area contributed by atoms with Crippen LogP contribution in [0.15, 0.2) is 30.3 Å². The number of carbonyl (C=O) groups is 2. The molecule has 0 bridgehead atoms. The highest BCUT2D eigenvalue weighted by atomic mass is 32.1. The molecule has 4 nitrogen and oxygen atoms in total. The van der Waals surface area contributed by atoms with Crippen molar-refractivity contribution < 1.29 is 9.59 Å². The van der Waals surface area contributed by atoms with Crippen LogP contribution in [0.25, 0.3) is 0 Å². The van der Waals surface area contributed by atoms with Crippen molar-refractivity contribution in [2.75, 3.05) is 0 Å². The summed E-state index contributed by atoms with van der Waals surface area (Å²) in [6.45, 7) is 1.92. The number of nitrogens with one attached hydrogen (secondary N) is 2. The minimum Gasteiger partial charge on any atom is -0.267 e. The molecule has 1 heterocycles. The molecule has 0 aliphatic heterocycles. The van der Waals surface area contributed by atoms with Gasteiger partial charge in [-0.1, -0.05) is 24.1 Å². The normalized spacial score (nSPS) is 13.8. The first kappa shape index (κ1) is 15.7. The van der Waals surface area contributed by atoms with Crippen LogP contribution in [0.2, 0.25) is 0 Å². The molecule has 2 N–H and O–H groups in total. The van der Waals surface area contributed by atoms with Crippen molar-refractivity contribution in [3.63, 3.8) is 0 Å². The lowest BCUT2D eigenvalue weighted by molar-refractivity contribution is 0.0849. The molecule has 120 valence electrons. The fraction of sp³-hybridized carbons (Fsp3) is 0.333. The number of rotatable bonds is 2. The zero-order valence-corrected chi connectivity index (χ0v) is 14.0. The van der Waals surface area contributed by atoms with Crippen LogP contribution < -0.4 is 10.9 Å². The topological polar surface area (TPSA) is 58.2 Å². The smallest absolute Gasteiger partial charge is 0.267 e. The predicted molar refractivity (Wildman–Crippen MR) is 91.7 cm³/mol. The molecule has 0 radical (unpaired) electrons. The zero-order chi connectivity index (χ0) is 16.2. The number of carbonyl (C=O) groups excluding carboxylic acids is 2. The van der Waals surface area contributed by atoms with E-state index in [-0.39, 0.29) is 11.8 Å². The van der Waals surface area contributed by atoms with Crippen molar-refractivity contribution in [1.82, 2.24) is 10.9 Å². The van der Waals surface area contributed by atoms with Gasteiger partial charge < -0.3 is 0 Å². The summed E-state index contributed by atoms with van der Waals surface area (Å²) in [6, 6.07) is 9.23. The molecular formula is C18H20N2O2S. The molecule has 1 aliphatic carbocycles. The molecule has 3 rings (SSSR count). The minimum atomic E-state index is -0.305. The molecule has 1 aromatic heterocycles. The Morgan fingerprint density at radius 1 is 1.00 bits per heavy atom. The van der Waals surface area contributed by atoms with Crippen molar-refractivity contribution in [3.05, 3.63) is 56.8 Å². The molecule has 1 aromatic carbocycles. The molecule has 1 aliphatic rings. The van der Waals surface area contributed by atoms with E-state index < -0.39 is 0 Å². The molecule has 2 amide bonds. The molecule has 23 heavy (non-hydrogen) atoms. The van der Waals surface area contributed by atoms with E-state index in [1.165, 1.54) is 29.7 Å². The minimum absolute atomic E-state index is 0.246. The molecule has 5 heteroatoms. The molecule has 0 unspecified atom stereocenters. The average molecular weight is 328 g/mol. The number of hydrazine groups is 1. The lowest BCUT2D eigenvalue weighted by Crippen LogP contribution is -2.41. The van der Waals surface area contributed by atoms with E-state index in [2.05, 4.69) is 10.9 Å². The first-order valence-corrected chi connectivity index (χ1v) is 8.74. The van der Waals surface area contributed by atoms with Crippen LogP contribution >= 0.6 is 11.3 Å². The van der Waals surface area contributed by atoms with Crippen LogP contribution in [-0.4, -0.2) is 11.8 Å². The van der Waals surface area contributed by atoms with E-state index in [1.54, 1.807) is 23.5 Å². The Kier molecular flexibility index (Phi) is 4.76. The molecule has 0 atom stereocenters. The summed E-state index contributed by atoms with van der Waals surface area (Å²) in [5.41, 5.74) is 7.83. The summed E-state index contributed by atoms with van der Waals surface area (Å²) < 4.78 is 0. The standard InChI is InChI=1S/C18H20N2O2S/c1-12-6-5-8-14(10-12)17(21)19-20-18(22)16-11-13-7-3-2-4-9-15(13)23-16/h5-6,8,10-11H,2-4,7,9H2,1H3,(H,19,21)(H,20,22). The number of fused-ring (bicyclic) bond motifs is 1. The van der Waals surface area contributed by atoms with Gasteiger partial charge >= 0.3 is 0 Å². The number of aryl methyl sites for hydroxylation is 3. The summed E-state index contributed by atoms with van der Waals surface area (Å²) in [5, 5.41) is 0. The Labute approximate surface area is 139 Å². The summed E-state index contributed by atoms with van der Waals surface area (Å²) in [4.78, 5) is 26.3. The third-order valence-electron chi connectivity index (χ3n) is 4.04. The molecular weight excluding hydrogens is 308 g/mol. The van der Waals surface area contributed by atoms with Crippen LogP contribution in [0.5, 0.6) is 0 Å². The van der Waals surface area contributed by atoms with Gasteiger partial charge in [0.15, 0.2) is 0 Å². The van der Waals surface area contributed by atoms with Crippen molar-refractivity contribution in [3.8, 4) is 0 Å². The van der Waals surface area contributed by atoms with Gasteiger partial charge in [-0.2, -0.15) is 0 Å². The van der Waals surface area contributed by atoms with E-state index in [0.29, 0.717) is 10.4 Å². The highest BCUT2D eigenvalue weighted by Gasteiger charge is 2.17. The monoisotopic (exact) mass is 328 g/mol. The van der Waals surface area contributed by atoms with Crippen LogP contribution in [0, 0.1) is 6.92 Å². The van der Waals surface area contributed by atoms with Crippen LogP contribution in [0.4, 0.5) is 0 Å². The Bertz CT molecular complexity index is 713. The maximum absolute atomic E-state index is 12.2. The second kappa shape index (κ2) is 6.96. The van der Waals surface area contributed by atoms with Crippen molar-refractivity contribution in [1.29, 1.82) is 0 Å². The van der Waals surface area contributed by atoms with Gasteiger partial charge in [-0.05, 0) is 56.4 Å². The van der Waals surface area contributed by atoms with E-state index in [9.17, 15) is 9.59 Å². The SMILES string of the molecule is Cc1cccc(C(=O)NNC(=O)c2cc3c(s2)CCCCC3)c1. The van der Waals surface area contributed by atoms with Crippen molar-refractivity contribution in [2.24, 2.45) is 0 Å². The number of thiophene rings is 1. The largest absolute Gasteiger partial charge is 0.279 e. The first-order chi connectivity index (χ1) is 11.1. The van der Waals surface area contributed by atoms with Crippen LogP contribution in [0.3, 0.4) is 0 Å². The molecule has 0 saturated carbocycles. The predicted octanol–water partition coefficient (Wildman–Crippen LogP) is 3.40. The summed E-state index contributed by atoms with van der Waals surface area (Å²) >= 11 is 1.54. The molecule has 0 spiro atoms. The fourth-order valence-corrected chi connectivity index (χ4v) is 3.96. The Hall–Kier alpha value is -2.14. The Morgan fingerprint density at radius 3 is 2.61 bits per heavy atom. The second-order valence-electron chi connectivity index (χ2n) is 5.90. The molecule has 0 saturated heterocycles. The van der Waals surface area contributed by atoms with E-state index >= 15 is 0 Å². The quantitative estimate of drug-likeness (QED) is 0.656. The number of hydrogen-bond acceptors (Lipinski definition) is 3. The van der Waals surface area contributed by atoms with Gasteiger partial charge in [0.2, 0.25) is 0 Å². The Balaban J connectivity index is 1.62. The summed E-state index contributed by atoms with van der Waals surface area (Å²) in [5.74, 6) is -0.552. The van der Waals surface area contributed by atoms with Crippen molar-refractivity contribution >= 4 is 23.2 Å². The summed E-state index contributed by atoms with van der Waals surface area (Å²) in [6.07, 6.45) is 5.75. The van der Waals surface area contributed by atoms with Gasteiger partial charge in [0.05, 0.1) is 4.88 Å². The summed E-state index contributed by atoms with van der Waals surface area (Å²) in [7, 11) is 0. The van der Waals surface area contributed by atoms with Crippen LogP contribution in [0.1, 0.15) is 55.3 Å². The van der Waals surface area contributed by atoms with E-state index in [1.807, 2.05) is 25.1 Å². The zero-order valence-electron chi connectivity index (χ0n) is 13.1. The third kappa shape index (κ3) is 3.79. The highest BCUT2D eigenvalue weighted by Crippen LogP contribution is 2.28. The van der Waals surface area contributed by atoms with Gasteiger partial charge in [-0.15, -0.1) is 11.3 Å². The van der Waals surface area contributed by atoms with Crippen molar-refractivity contribution in [2.45, 2.75) is 39.0 Å². The number of hydrogen-bond donors (Lipinski definition) is 2. The van der Waals surface area contributed by atoms with Gasteiger partial charge in [0.1, 0.15) is 0 Å². The van der Waals surface area contributed by atoms with E-state index in [4.69, 9.17) is 0 Å². The maximum Gasteiger partial charge on any atom is 0.279 e. The lowest BCUT2D eigenvalue weighted by Gasteiger charge is -2.06. The lowest BCUT2D eigenvalue weighted by atomic mass is 10.1. The van der Waals surface area contributed by atoms with Gasteiger partial charge in [-0.25, -0.2) is 0 Å². The number of amides is 2. The molecule has 0 fully saturated rings. The Morgan fingerprint density at radius 2 is 1.78 bits per heavy atom. The second-order valence-corrected chi connectivity index (χ2v) is 7.03. The number of benzene rings is 1. The average Bonchev–Trinajstić information content (AvgIpc) is 2.83. The van der Waals surface area contributed by atoms with E-state index in [0.717, 1.165) is 18.4 Å². The fourth-order valence-electron chi connectivity index (χ4n) is 2.81. The first-order valence-electron chi connectivity index (χ1n) is 7.92. The highest BCUT2D eigenvalue weighted by molar-refractivity contribution is 7.14. The molecule has 2 aromatic rings. The van der Waals surface area contributed by atoms with Crippen LogP contribution in [-0.2, 0) is 12.8 Å². The van der Waals surface area contributed by atoms with Gasteiger partial charge in [0.25, 0.3) is 11.8 Å². The maximum atomic E-state index is 12.2. The van der Waals surface area contributed by atoms with Gasteiger partial charge in [-0.3, -0.25) is 20.4 Å². The third-order valence-corrected chi connectivity index (χ3v) is 5.28. The van der Waals surface area contributed by atoms with Gasteiger partial charge in [0, 0.05) is 10.4 Å².